The Morgan fingerprint density at radius 1 is 1.40 bits per heavy atom. The molecule has 1 aliphatic rings. The molecular formula is C11H12IrN2O-2. The molecule has 0 atom stereocenters. The van der Waals surface area contributed by atoms with Crippen LogP contribution in [0.3, 0.4) is 0 Å². The van der Waals surface area contributed by atoms with E-state index in [0.29, 0.717) is 0 Å². The molecule has 0 aliphatic carbocycles. The van der Waals surface area contributed by atoms with Crippen molar-refractivity contribution in [2.45, 2.75) is 0 Å². The molecule has 1 aromatic rings. The Morgan fingerprint density at radius 3 is 2.80 bits per heavy atom. The van der Waals surface area contributed by atoms with Crippen LogP contribution < -0.4 is 9.64 Å². The van der Waals surface area contributed by atoms with Crippen LogP contribution >= 0.6 is 0 Å². The van der Waals surface area contributed by atoms with Crippen molar-refractivity contribution in [3.8, 4) is 5.75 Å². The first-order valence-electron chi connectivity index (χ1n) is 4.39. The standard InChI is InChI=1S/C11H12N2O.Ir/c1-12-6-7-13(9-12)10-4-3-5-11(8-10)14-2;/h3,5-9H,1-2H3;/q-2;. The van der Waals surface area contributed by atoms with E-state index in [1.807, 2.05) is 54.1 Å². The molecule has 0 aromatic heterocycles. The molecule has 0 saturated carbocycles. The third-order valence-electron chi connectivity index (χ3n) is 2.04. The molecular weight excluding hydrogens is 368 g/mol. The average Bonchev–Trinajstić information content (AvgIpc) is 2.65. The number of rotatable bonds is 2. The first-order chi connectivity index (χ1) is 6.79. The van der Waals surface area contributed by atoms with Gasteiger partial charge in [0.2, 0.25) is 0 Å². The number of hydrogen-bond donors (Lipinski definition) is 0. The smallest absolute Gasteiger partial charge is 0.0743 e. The Bertz CT molecular complexity index is 354. The van der Waals surface area contributed by atoms with E-state index in [0.717, 1.165) is 11.4 Å². The monoisotopic (exact) mass is 381 g/mol. The van der Waals surface area contributed by atoms with Crippen LogP contribution in [0.4, 0.5) is 5.69 Å². The van der Waals surface area contributed by atoms with Crippen molar-refractivity contribution in [3.05, 3.63) is 43.3 Å². The number of anilines is 1. The van der Waals surface area contributed by atoms with Crippen molar-refractivity contribution in [2.75, 3.05) is 19.1 Å². The number of hydrogen-bond acceptors (Lipinski definition) is 3. The number of nitrogens with zero attached hydrogens (tertiary/aromatic N) is 2. The van der Waals surface area contributed by atoms with Crippen LogP contribution in [-0.2, 0) is 20.1 Å². The van der Waals surface area contributed by atoms with Gasteiger partial charge in [0.15, 0.2) is 0 Å². The summed E-state index contributed by atoms with van der Waals surface area (Å²) in [6.07, 6.45) is 3.96. The van der Waals surface area contributed by atoms with Crippen molar-refractivity contribution in [1.29, 1.82) is 0 Å². The topological polar surface area (TPSA) is 15.7 Å². The maximum atomic E-state index is 5.14. The van der Waals surface area contributed by atoms with E-state index in [4.69, 9.17) is 4.74 Å². The van der Waals surface area contributed by atoms with Gasteiger partial charge in [0.25, 0.3) is 0 Å². The molecule has 0 N–H and O–H groups in total. The molecule has 1 heterocycles. The van der Waals surface area contributed by atoms with Gasteiger partial charge in [-0.1, -0.05) is 0 Å². The van der Waals surface area contributed by atoms with Crippen LogP contribution in [0.25, 0.3) is 0 Å². The molecule has 0 spiro atoms. The minimum Gasteiger partial charge on any atom is -0.522 e. The summed E-state index contributed by atoms with van der Waals surface area (Å²) in [6.45, 7) is 1.98. The van der Waals surface area contributed by atoms with Gasteiger partial charge in [-0.05, 0) is 19.4 Å². The van der Waals surface area contributed by atoms with E-state index >= 15 is 0 Å². The van der Waals surface area contributed by atoms with E-state index in [2.05, 4.69) is 6.07 Å². The summed E-state index contributed by atoms with van der Waals surface area (Å²) < 4.78 is 5.14. The molecule has 0 fully saturated rings. The van der Waals surface area contributed by atoms with Gasteiger partial charge in [-0.3, -0.25) is 0 Å². The van der Waals surface area contributed by atoms with E-state index < -0.39 is 0 Å². The molecule has 1 aliphatic heterocycles. The maximum Gasteiger partial charge on any atom is 0.0743 e. The summed E-state index contributed by atoms with van der Waals surface area (Å²) in [5, 5.41) is 0. The summed E-state index contributed by atoms with van der Waals surface area (Å²) in [7, 11) is 3.64. The van der Waals surface area contributed by atoms with Crippen LogP contribution in [0.5, 0.6) is 5.75 Å². The first kappa shape index (κ1) is 12.1. The van der Waals surface area contributed by atoms with Crippen LogP contribution in [0.1, 0.15) is 0 Å². The van der Waals surface area contributed by atoms with Gasteiger partial charge in [0.1, 0.15) is 0 Å². The zero-order valence-corrected chi connectivity index (χ0v) is 11.0. The predicted molar refractivity (Wildman–Crippen MR) is 55.5 cm³/mol. The maximum absolute atomic E-state index is 5.14. The summed E-state index contributed by atoms with van der Waals surface area (Å²) >= 11 is 0. The van der Waals surface area contributed by atoms with E-state index in [-0.39, 0.29) is 20.1 Å². The SMILES string of the molecule is COc1cc[c-]c(N2C=CN(C)[CH-]2)c1.[Ir]. The van der Waals surface area contributed by atoms with Gasteiger partial charge < -0.3 is 14.5 Å². The van der Waals surface area contributed by atoms with E-state index in [9.17, 15) is 0 Å². The van der Waals surface area contributed by atoms with Gasteiger partial charge in [-0.15, -0.1) is 17.8 Å². The quantitative estimate of drug-likeness (QED) is 0.729. The van der Waals surface area contributed by atoms with Gasteiger partial charge >= 0.3 is 0 Å². The molecule has 0 amide bonds. The van der Waals surface area contributed by atoms with Crippen molar-refractivity contribution in [3.63, 3.8) is 0 Å². The number of benzene rings is 1. The fraction of sp³-hybridized carbons (Fsp3) is 0.182. The zero-order valence-electron chi connectivity index (χ0n) is 8.60. The summed E-state index contributed by atoms with van der Waals surface area (Å²) in [5.41, 5.74) is 0.977. The largest absolute Gasteiger partial charge is 0.522 e. The second-order valence-electron chi connectivity index (χ2n) is 3.10. The minimum absolute atomic E-state index is 0. The normalized spacial score (nSPS) is 14.0. The molecule has 0 unspecified atom stereocenters. The molecule has 3 nitrogen and oxygen atoms in total. The fourth-order valence-corrected chi connectivity index (χ4v) is 1.30. The van der Waals surface area contributed by atoms with E-state index in [1.54, 1.807) is 7.11 Å². The third-order valence-corrected chi connectivity index (χ3v) is 2.04. The third kappa shape index (κ3) is 2.74. The van der Waals surface area contributed by atoms with Gasteiger partial charge in [0, 0.05) is 25.9 Å². The molecule has 2 rings (SSSR count). The van der Waals surface area contributed by atoms with E-state index in [1.165, 1.54) is 0 Å². The van der Waals surface area contributed by atoms with Gasteiger partial charge in [-0.2, -0.15) is 18.8 Å². The van der Waals surface area contributed by atoms with Crippen molar-refractivity contribution in [1.82, 2.24) is 4.90 Å². The van der Waals surface area contributed by atoms with Crippen LogP contribution in [-0.4, -0.2) is 19.1 Å². The van der Waals surface area contributed by atoms with Gasteiger partial charge in [0.05, 0.1) is 7.11 Å². The fourth-order valence-electron chi connectivity index (χ4n) is 1.30. The van der Waals surface area contributed by atoms with Crippen LogP contribution in [0, 0.1) is 12.7 Å². The Hall–Kier alpha value is -0.991. The molecule has 4 heteroatoms. The van der Waals surface area contributed by atoms with Crippen molar-refractivity contribution >= 4 is 5.69 Å². The summed E-state index contributed by atoms with van der Waals surface area (Å²) in [5.74, 6) is 0.843. The van der Waals surface area contributed by atoms with Crippen molar-refractivity contribution < 1.29 is 24.8 Å². The Kier molecular flexibility index (Phi) is 4.18. The van der Waals surface area contributed by atoms with Crippen molar-refractivity contribution in [2.24, 2.45) is 0 Å². The Labute approximate surface area is 104 Å². The minimum atomic E-state index is 0. The zero-order chi connectivity index (χ0) is 9.97. The Morgan fingerprint density at radius 2 is 2.20 bits per heavy atom. The van der Waals surface area contributed by atoms with Crippen LogP contribution in [0.15, 0.2) is 30.6 Å². The second kappa shape index (κ2) is 5.19. The van der Waals surface area contributed by atoms with Crippen LogP contribution in [0.2, 0.25) is 0 Å². The number of methoxy groups -OCH3 is 1. The average molecular weight is 380 g/mol. The molecule has 0 bridgehead atoms. The number of ether oxygens (including phenoxy) is 1. The molecule has 0 saturated heterocycles. The summed E-state index contributed by atoms with van der Waals surface area (Å²) in [6, 6.07) is 8.82. The van der Waals surface area contributed by atoms with Gasteiger partial charge in [-0.25, -0.2) is 0 Å². The summed E-state index contributed by atoms with van der Waals surface area (Å²) in [4.78, 5) is 3.97. The Balaban J connectivity index is 0.00000112. The predicted octanol–water partition coefficient (Wildman–Crippen LogP) is 1.84. The molecule has 83 valence electrons. The molecule has 1 radical (unpaired) electrons. The second-order valence-corrected chi connectivity index (χ2v) is 3.10. The first-order valence-corrected chi connectivity index (χ1v) is 4.39. The molecule has 1 aromatic carbocycles. The molecule has 15 heavy (non-hydrogen) atoms.